The molecule has 0 radical (unpaired) electrons. The zero-order valence-corrected chi connectivity index (χ0v) is 17.4. The largest absolute Gasteiger partial charge is 0.338 e. The lowest BCUT2D eigenvalue weighted by Crippen LogP contribution is -2.03. The first-order valence-electron chi connectivity index (χ1n) is 8.49. The van der Waals surface area contributed by atoms with Crippen LogP contribution in [-0.2, 0) is 6.54 Å². The van der Waals surface area contributed by atoms with Crippen LogP contribution in [0.3, 0.4) is 0 Å². The first-order chi connectivity index (χ1) is 12.5. The first kappa shape index (κ1) is 19.8. The van der Waals surface area contributed by atoms with Crippen LogP contribution < -0.4 is 0 Å². The molecule has 138 valence electrons. The molecule has 27 heavy (non-hydrogen) atoms. The third-order valence-electron chi connectivity index (χ3n) is 4.89. The summed E-state index contributed by atoms with van der Waals surface area (Å²) in [6.45, 7) is 5.08. The average molecular weight is 418 g/mol. The molecule has 0 aliphatic heterocycles. The van der Waals surface area contributed by atoms with Gasteiger partial charge in [0.1, 0.15) is 0 Å². The quantitative estimate of drug-likeness (QED) is 0.347. The highest BCUT2D eigenvalue weighted by Crippen LogP contribution is 2.33. The van der Waals surface area contributed by atoms with Gasteiger partial charge in [-0.15, -0.1) is 12.4 Å². The maximum Gasteiger partial charge on any atom is 0.0945 e. The van der Waals surface area contributed by atoms with E-state index >= 15 is 0 Å². The molecule has 0 atom stereocenters. The summed E-state index contributed by atoms with van der Waals surface area (Å²) in [5.41, 5.74) is 6.86. The number of hydrogen-bond acceptors (Lipinski definition) is 1. The monoisotopic (exact) mass is 416 g/mol. The van der Waals surface area contributed by atoms with Gasteiger partial charge in [-0.3, -0.25) is 4.98 Å². The normalized spacial score (nSPS) is 10.8. The standard InChI is InChI=1S/C22H18Cl2N2.ClH/c1-14-15(2)26(13-16-4-3-5-19(24)12-16)22-20(14)10-11-25-21(22)17-6-8-18(23)9-7-17;/h3-12H,13H2,1-2H3;1H. The second-order valence-corrected chi connectivity index (χ2v) is 7.36. The number of aryl methyl sites for hydroxylation is 1. The van der Waals surface area contributed by atoms with Crippen LogP contribution in [0.5, 0.6) is 0 Å². The predicted molar refractivity (Wildman–Crippen MR) is 117 cm³/mol. The summed E-state index contributed by atoms with van der Waals surface area (Å²) in [6, 6.07) is 17.9. The smallest absolute Gasteiger partial charge is 0.0945 e. The van der Waals surface area contributed by atoms with Gasteiger partial charge >= 0.3 is 0 Å². The van der Waals surface area contributed by atoms with Gasteiger partial charge in [0.05, 0.1) is 11.2 Å². The third-order valence-corrected chi connectivity index (χ3v) is 5.38. The van der Waals surface area contributed by atoms with Gasteiger partial charge < -0.3 is 4.57 Å². The van der Waals surface area contributed by atoms with E-state index < -0.39 is 0 Å². The predicted octanol–water partition coefficient (Wildman–Crippen LogP) is 7.10. The van der Waals surface area contributed by atoms with E-state index in [4.69, 9.17) is 28.2 Å². The molecule has 2 aromatic heterocycles. The maximum atomic E-state index is 6.18. The third kappa shape index (κ3) is 3.70. The van der Waals surface area contributed by atoms with Crippen molar-refractivity contribution < 1.29 is 0 Å². The summed E-state index contributed by atoms with van der Waals surface area (Å²) in [6.07, 6.45) is 1.88. The number of halogens is 3. The minimum absolute atomic E-state index is 0. The van der Waals surface area contributed by atoms with Crippen molar-refractivity contribution in [3.05, 3.63) is 87.7 Å². The van der Waals surface area contributed by atoms with E-state index in [0.717, 1.165) is 33.4 Å². The highest BCUT2D eigenvalue weighted by molar-refractivity contribution is 6.30. The van der Waals surface area contributed by atoms with Gasteiger partial charge in [0, 0.05) is 39.4 Å². The topological polar surface area (TPSA) is 17.8 Å². The summed E-state index contributed by atoms with van der Waals surface area (Å²) < 4.78 is 2.33. The Balaban J connectivity index is 0.00000210. The van der Waals surface area contributed by atoms with E-state index in [1.807, 2.05) is 48.7 Å². The molecule has 0 aliphatic carbocycles. The van der Waals surface area contributed by atoms with Gasteiger partial charge in [0.25, 0.3) is 0 Å². The van der Waals surface area contributed by atoms with Gasteiger partial charge in [-0.2, -0.15) is 0 Å². The minimum Gasteiger partial charge on any atom is -0.338 e. The lowest BCUT2D eigenvalue weighted by molar-refractivity contribution is 0.800. The molecule has 0 saturated heterocycles. The van der Waals surface area contributed by atoms with Crippen molar-refractivity contribution >= 4 is 46.5 Å². The Kier molecular flexibility index (Phi) is 5.81. The van der Waals surface area contributed by atoms with Crippen molar-refractivity contribution in [2.45, 2.75) is 20.4 Å². The van der Waals surface area contributed by atoms with Crippen molar-refractivity contribution in [2.75, 3.05) is 0 Å². The molecule has 0 fully saturated rings. The van der Waals surface area contributed by atoms with Crippen molar-refractivity contribution in [1.29, 1.82) is 0 Å². The Morgan fingerprint density at radius 2 is 1.67 bits per heavy atom. The van der Waals surface area contributed by atoms with Crippen LogP contribution in [0.25, 0.3) is 22.2 Å². The number of pyridine rings is 1. The summed E-state index contributed by atoms with van der Waals surface area (Å²) in [5, 5.41) is 2.71. The summed E-state index contributed by atoms with van der Waals surface area (Å²) in [5.74, 6) is 0. The number of aromatic nitrogens is 2. The number of nitrogens with zero attached hydrogens (tertiary/aromatic N) is 2. The maximum absolute atomic E-state index is 6.18. The van der Waals surface area contributed by atoms with Crippen LogP contribution in [0.4, 0.5) is 0 Å². The second-order valence-electron chi connectivity index (χ2n) is 6.49. The summed E-state index contributed by atoms with van der Waals surface area (Å²) in [7, 11) is 0. The van der Waals surface area contributed by atoms with Gasteiger partial charge in [-0.25, -0.2) is 0 Å². The Morgan fingerprint density at radius 1 is 0.926 bits per heavy atom. The number of rotatable bonds is 3. The number of hydrogen-bond donors (Lipinski definition) is 0. The average Bonchev–Trinajstić information content (AvgIpc) is 2.88. The van der Waals surface area contributed by atoms with Crippen molar-refractivity contribution in [3.8, 4) is 11.3 Å². The van der Waals surface area contributed by atoms with Crippen molar-refractivity contribution in [1.82, 2.24) is 9.55 Å². The molecule has 2 aromatic carbocycles. The van der Waals surface area contributed by atoms with Gasteiger partial charge in [0.15, 0.2) is 0 Å². The molecule has 0 unspecified atom stereocenters. The summed E-state index contributed by atoms with van der Waals surface area (Å²) >= 11 is 12.2. The summed E-state index contributed by atoms with van der Waals surface area (Å²) in [4.78, 5) is 4.69. The second kappa shape index (κ2) is 7.93. The number of benzene rings is 2. The number of fused-ring (bicyclic) bond motifs is 1. The lowest BCUT2D eigenvalue weighted by Gasteiger charge is -2.12. The molecular formula is C22H19Cl3N2. The minimum atomic E-state index is 0. The molecule has 0 bridgehead atoms. The molecule has 4 aromatic rings. The first-order valence-corrected chi connectivity index (χ1v) is 9.25. The molecule has 0 amide bonds. The van der Waals surface area contributed by atoms with Crippen LogP contribution in [0.15, 0.2) is 60.8 Å². The molecule has 0 spiro atoms. The van der Waals surface area contributed by atoms with E-state index in [9.17, 15) is 0 Å². The van der Waals surface area contributed by atoms with E-state index in [0.29, 0.717) is 0 Å². The molecule has 2 nitrogen and oxygen atoms in total. The molecule has 2 heterocycles. The Hall–Kier alpha value is -2.00. The highest BCUT2D eigenvalue weighted by atomic mass is 35.5. The fraction of sp³-hybridized carbons (Fsp3) is 0.136. The van der Waals surface area contributed by atoms with E-state index in [1.165, 1.54) is 22.2 Å². The lowest BCUT2D eigenvalue weighted by atomic mass is 10.1. The zero-order chi connectivity index (χ0) is 18.3. The molecular weight excluding hydrogens is 399 g/mol. The van der Waals surface area contributed by atoms with Crippen LogP contribution in [0, 0.1) is 13.8 Å². The molecule has 4 rings (SSSR count). The SMILES string of the molecule is Cc1c(C)n(Cc2cccc(Cl)c2)c2c(-c3ccc(Cl)cc3)nccc12.Cl. The molecule has 0 saturated carbocycles. The molecule has 0 N–H and O–H groups in total. The van der Waals surface area contributed by atoms with Gasteiger partial charge in [-0.1, -0.05) is 47.5 Å². The van der Waals surface area contributed by atoms with E-state index in [2.05, 4.69) is 30.5 Å². The molecule has 5 heteroatoms. The van der Waals surface area contributed by atoms with Crippen molar-refractivity contribution in [3.63, 3.8) is 0 Å². The van der Waals surface area contributed by atoms with E-state index in [-0.39, 0.29) is 12.4 Å². The van der Waals surface area contributed by atoms with E-state index in [1.54, 1.807) is 0 Å². The van der Waals surface area contributed by atoms with Gasteiger partial charge in [-0.05, 0) is 55.3 Å². The van der Waals surface area contributed by atoms with Crippen molar-refractivity contribution in [2.24, 2.45) is 0 Å². The molecule has 0 aliphatic rings. The van der Waals surface area contributed by atoms with Gasteiger partial charge in [0.2, 0.25) is 0 Å². The Morgan fingerprint density at radius 3 is 2.37 bits per heavy atom. The zero-order valence-electron chi connectivity index (χ0n) is 15.0. The Labute approximate surface area is 175 Å². The van der Waals surface area contributed by atoms with Crippen LogP contribution in [0.2, 0.25) is 10.0 Å². The van der Waals surface area contributed by atoms with Crippen LogP contribution in [-0.4, -0.2) is 9.55 Å². The highest BCUT2D eigenvalue weighted by Gasteiger charge is 2.16. The van der Waals surface area contributed by atoms with Crippen LogP contribution in [0.1, 0.15) is 16.8 Å². The Bertz CT molecular complexity index is 1100. The fourth-order valence-electron chi connectivity index (χ4n) is 3.43. The van der Waals surface area contributed by atoms with Crippen LogP contribution >= 0.6 is 35.6 Å². The fourth-order valence-corrected chi connectivity index (χ4v) is 3.77.